The Hall–Kier alpha value is -1.78. The lowest BCUT2D eigenvalue weighted by Gasteiger charge is -2.39. The lowest BCUT2D eigenvalue weighted by molar-refractivity contribution is 0.188. The molecule has 1 aliphatic carbocycles. The van der Waals surface area contributed by atoms with E-state index < -0.39 is 0 Å². The molecule has 3 unspecified atom stereocenters. The molecule has 24 heavy (non-hydrogen) atoms. The van der Waals surface area contributed by atoms with Crippen molar-refractivity contribution in [1.82, 2.24) is 19.8 Å². The third-order valence-corrected chi connectivity index (χ3v) is 5.34. The number of rotatable bonds is 4. The van der Waals surface area contributed by atoms with Crippen LogP contribution in [0, 0.1) is 11.8 Å². The van der Waals surface area contributed by atoms with Gasteiger partial charge >= 0.3 is 0 Å². The summed E-state index contributed by atoms with van der Waals surface area (Å²) < 4.78 is 2.26. The largest absolute Gasteiger partial charge is 0.357 e. The summed E-state index contributed by atoms with van der Waals surface area (Å²) >= 11 is 0. The number of likely N-dealkylation sites (tertiary alicyclic amines) is 1. The van der Waals surface area contributed by atoms with Gasteiger partial charge in [0, 0.05) is 38.6 Å². The smallest absolute Gasteiger partial charge is 0.193 e. The Bertz CT molecular complexity index is 548. The van der Waals surface area contributed by atoms with Gasteiger partial charge in [0.15, 0.2) is 5.96 Å². The molecule has 1 N–H and O–H groups in total. The molecule has 1 saturated heterocycles. The van der Waals surface area contributed by atoms with Crippen molar-refractivity contribution in [2.24, 2.45) is 16.8 Å². The molecule has 5 heteroatoms. The number of aliphatic imine (C=N–C) groups is 1. The summed E-state index contributed by atoms with van der Waals surface area (Å²) in [5, 5.41) is 3.51. The van der Waals surface area contributed by atoms with E-state index in [9.17, 15) is 0 Å². The maximum Gasteiger partial charge on any atom is 0.193 e. The van der Waals surface area contributed by atoms with E-state index in [0.717, 1.165) is 32.1 Å². The van der Waals surface area contributed by atoms with Crippen LogP contribution in [0.2, 0.25) is 0 Å². The standard InChI is InChI=1S/C19H31N5/c1-3-21-19(22-13-17-7-5-4-6-8-17)23-11-9-16(2)18(14-23)24-12-10-20-15-24/h4-5,10,12,15-18H,3,6-9,11,13-14H2,1-2H3,(H,21,22). The van der Waals surface area contributed by atoms with Gasteiger partial charge < -0.3 is 14.8 Å². The van der Waals surface area contributed by atoms with Crippen molar-refractivity contribution in [3.8, 4) is 0 Å². The number of aromatic nitrogens is 2. The molecule has 0 radical (unpaired) electrons. The Morgan fingerprint density at radius 3 is 2.96 bits per heavy atom. The van der Waals surface area contributed by atoms with E-state index in [1.807, 2.05) is 12.5 Å². The summed E-state index contributed by atoms with van der Waals surface area (Å²) in [6.07, 6.45) is 15.4. The van der Waals surface area contributed by atoms with E-state index in [-0.39, 0.29) is 0 Å². The van der Waals surface area contributed by atoms with E-state index >= 15 is 0 Å². The first-order valence-corrected chi connectivity index (χ1v) is 9.43. The van der Waals surface area contributed by atoms with Crippen LogP contribution >= 0.6 is 0 Å². The second kappa shape index (κ2) is 8.36. The highest BCUT2D eigenvalue weighted by atomic mass is 15.3. The van der Waals surface area contributed by atoms with Gasteiger partial charge in [0.2, 0.25) is 0 Å². The van der Waals surface area contributed by atoms with Gasteiger partial charge in [0.1, 0.15) is 0 Å². The Morgan fingerprint density at radius 1 is 1.33 bits per heavy atom. The van der Waals surface area contributed by atoms with Gasteiger partial charge in [-0.05, 0) is 44.4 Å². The highest BCUT2D eigenvalue weighted by Gasteiger charge is 2.29. The number of hydrogen-bond acceptors (Lipinski definition) is 2. The molecular weight excluding hydrogens is 298 g/mol. The summed E-state index contributed by atoms with van der Waals surface area (Å²) in [5.74, 6) is 2.46. The van der Waals surface area contributed by atoms with Crippen molar-refractivity contribution in [3.05, 3.63) is 30.9 Å². The van der Waals surface area contributed by atoms with Gasteiger partial charge in [0.25, 0.3) is 0 Å². The Morgan fingerprint density at radius 2 is 2.25 bits per heavy atom. The minimum atomic E-state index is 0.475. The summed E-state index contributed by atoms with van der Waals surface area (Å²) in [6, 6.07) is 0.475. The first-order chi connectivity index (χ1) is 11.8. The van der Waals surface area contributed by atoms with Gasteiger partial charge in [-0.3, -0.25) is 4.99 Å². The van der Waals surface area contributed by atoms with Crippen LogP contribution in [-0.2, 0) is 0 Å². The molecule has 1 aliphatic heterocycles. The zero-order chi connectivity index (χ0) is 16.8. The molecule has 1 aromatic rings. The average molecular weight is 329 g/mol. The molecular formula is C19H31N5. The first kappa shape index (κ1) is 17.1. The van der Waals surface area contributed by atoms with E-state index in [0.29, 0.717) is 17.9 Å². The molecule has 3 rings (SSSR count). The number of imidazole rings is 1. The fraction of sp³-hybridized carbons (Fsp3) is 0.684. The second-order valence-electron chi connectivity index (χ2n) is 7.13. The van der Waals surface area contributed by atoms with E-state index in [2.05, 4.69) is 52.0 Å². The Labute approximate surface area is 145 Å². The van der Waals surface area contributed by atoms with Crippen molar-refractivity contribution in [1.29, 1.82) is 0 Å². The quantitative estimate of drug-likeness (QED) is 0.524. The van der Waals surface area contributed by atoms with Gasteiger partial charge in [-0.1, -0.05) is 19.1 Å². The molecule has 2 heterocycles. The van der Waals surface area contributed by atoms with Crippen molar-refractivity contribution in [2.75, 3.05) is 26.2 Å². The molecule has 0 bridgehead atoms. The van der Waals surface area contributed by atoms with Gasteiger partial charge in [-0.2, -0.15) is 0 Å². The molecule has 0 amide bonds. The Balaban J connectivity index is 1.67. The van der Waals surface area contributed by atoms with E-state index in [1.165, 1.54) is 25.7 Å². The predicted molar refractivity (Wildman–Crippen MR) is 99.1 cm³/mol. The second-order valence-corrected chi connectivity index (χ2v) is 7.13. The molecule has 1 aromatic heterocycles. The monoisotopic (exact) mass is 329 g/mol. The van der Waals surface area contributed by atoms with Crippen LogP contribution in [0.25, 0.3) is 0 Å². The molecule has 0 spiro atoms. The third-order valence-electron chi connectivity index (χ3n) is 5.34. The molecule has 1 fully saturated rings. The molecule has 0 saturated carbocycles. The van der Waals surface area contributed by atoms with Gasteiger partial charge in [0.05, 0.1) is 12.4 Å². The van der Waals surface area contributed by atoms with Crippen LogP contribution in [-0.4, -0.2) is 46.6 Å². The average Bonchev–Trinajstić information content (AvgIpc) is 3.14. The fourth-order valence-electron chi connectivity index (χ4n) is 3.76. The summed E-state index contributed by atoms with van der Waals surface area (Å²) in [7, 11) is 0. The zero-order valence-corrected chi connectivity index (χ0v) is 15.1. The number of guanidine groups is 1. The van der Waals surface area contributed by atoms with Crippen LogP contribution in [0.15, 0.2) is 35.9 Å². The number of nitrogens with one attached hydrogen (secondary N) is 1. The molecule has 132 valence electrons. The molecule has 0 aromatic carbocycles. The minimum Gasteiger partial charge on any atom is -0.357 e. The van der Waals surface area contributed by atoms with Crippen LogP contribution < -0.4 is 5.32 Å². The fourth-order valence-corrected chi connectivity index (χ4v) is 3.76. The SMILES string of the molecule is CCNC(=NCC1CC=CCC1)N1CCC(C)C(n2ccnc2)C1. The zero-order valence-electron chi connectivity index (χ0n) is 15.1. The van der Waals surface area contributed by atoms with Crippen molar-refractivity contribution < 1.29 is 0 Å². The van der Waals surface area contributed by atoms with Crippen LogP contribution in [0.5, 0.6) is 0 Å². The van der Waals surface area contributed by atoms with Crippen LogP contribution in [0.4, 0.5) is 0 Å². The van der Waals surface area contributed by atoms with Crippen molar-refractivity contribution in [2.45, 2.75) is 45.6 Å². The predicted octanol–water partition coefficient (Wildman–Crippen LogP) is 3.09. The Kier molecular flexibility index (Phi) is 5.94. The van der Waals surface area contributed by atoms with Crippen molar-refractivity contribution in [3.63, 3.8) is 0 Å². The van der Waals surface area contributed by atoms with E-state index in [4.69, 9.17) is 4.99 Å². The number of allylic oxidation sites excluding steroid dienone is 2. The van der Waals surface area contributed by atoms with Crippen LogP contribution in [0.1, 0.15) is 45.6 Å². The molecule has 2 aliphatic rings. The van der Waals surface area contributed by atoms with Crippen LogP contribution in [0.3, 0.4) is 0 Å². The topological polar surface area (TPSA) is 45.5 Å². The lowest BCUT2D eigenvalue weighted by atomic mass is 9.93. The van der Waals surface area contributed by atoms with E-state index in [1.54, 1.807) is 0 Å². The summed E-state index contributed by atoms with van der Waals surface area (Å²) in [5.41, 5.74) is 0. The first-order valence-electron chi connectivity index (χ1n) is 9.43. The number of hydrogen-bond donors (Lipinski definition) is 1. The summed E-state index contributed by atoms with van der Waals surface area (Å²) in [4.78, 5) is 11.6. The maximum atomic E-state index is 4.97. The highest BCUT2D eigenvalue weighted by Crippen LogP contribution is 2.27. The maximum absolute atomic E-state index is 4.97. The minimum absolute atomic E-state index is 0.475. The lowest BCUT2D eigenvalue weighted by Crippen LogP contribution is -2.49. The number of piperidine rings is 1. The third kappa shape index (κ3) is 4.19. The summed E-state index contributed by atoms with van der Waals surface area (Å²) in [6.45, 7) is 8.45. The van der Waals surface area contributed by atoms with Gasteiger partial charge in [-0.15, -0.1) is 0 Å². The highest BCUT2D eigenvalue weighted by molar-refractivity contribution is 5.80. The number of nitrogens with zero attached hydrogens (tertiary/aromatic N) is 4. The van der Waals surface area contributed by atoms with Gasteiger partial charge in [-0.25, -0.2) is 4.98 Å². The molecule has 5 nitrogen and oxygen atoms in total. The van der Waals surface area contributed by atoms with Crippen molar-refractivity contribution >= 4 is 5.96 Å². The normalized spacial score (nSPS) is 28.2. The molecule has 3 atom stereocenters.